The molecule has 0 spiro atoms. The second-order valence-corrected chi connectivity index (χ2v) is 5.72. The minimum Gasteiger partial charge on any atom is -0.258 e. The van der Waals surface area contributed by atoms with Crippen LogP contribution in [0.5, 0.6) is 0 Å². The molecule has 0 atom stereocenters. The Morgan fingerprint density at radius 2 is 1.73 bits per heavy atom. The monoisotopic (exact) mass is 358 g/mol. The third kappa shape index (κ3) is 2.54. The molecule has 1 aromatic carbocycles. The number of halogens is 2. The van der Waals surface area contributed by atoms with Gasteiger partial charge in [0.05, 0.1) is 9.40 Å². The molecule has 82 valence electrons. The predicted octanol–water partition coefficient (Wildman–Crippen LogP) is 1.77. The molecule has 0 aliphatic rings. The van der Waals surface area contributed by atoms with Gasteiger partial charge in [-0.05, 0) is 44.0 Å². The van der Waals surface area contributed by atoms with Crippen LogP contribution >= 0.6 is 31.9 Å². The van der Waals surface area contributed by atoms with E-state index in [1.165, 1.54) is 12.1 Å². The molecule has 0 saturated carbocycles. The first-order valence-electron chi connectivity index (χ1n) is 3.40. The highest BCUT2D eigenvalue weighted by Crippen LogP contribution is 2.36. The van der Waals surface area contributed by atoms with Crippen LogP contribution in [0.3, 0.4) is 0 Å². The zero-order chi connectivity index (χ0) is 11.8. The van der Waals surface area contributed by atoms with Crippen LogP contribution in [0.1, 0.15) is 0 Å². The van der Waals surface area contributed by atoms with Crippen molar-refractivity contribution in [2.24, 2.45) is 5.14 Å². The second-order valence-electron chi connectivity index (χ2n) is 2.51. The lowest BCUT2D eigenvalue weighted by molar-refractivity contribution is -0.388. The fraction of sp³-hybridized carbons (Fsp3) is 0. The van der Waals surface area contributed by atoms with Gasteiger partial charge in [0.1, 0.15) is 0 Å². The molecular formula is C6H4Br2N2O4S. The first-order chi connectivity index (χ1) is 6.75. The summed E-state index contributed by atoms with van der Waals surface area (Å²) in [5.41, 5.74) is -0.577. The van der Waals surface area contributed by atoms with E-state index in [0.717, 1.165) is 0 Å². The molecule has 0 fully saturated rings. The lowest BCUT2D eigenvalue weighted by Crippen LogP contribution is -2.15. The maximum Gasteiger partial charge on any atom is 0.304 e. The minimum absolute atomic E-state index is 0.0553. The quantitative estimate of drug-likeness (QED) is 0.641. The zero-order valence-corrected chi connectivity index (χ0v) is 11.0. The SMILES string of the molecule is NS(=O)(=O)c1c(Br)ccc(Br)c1[N+](=O)[O-]. The molecule has 9 heteroatoms. The van der Waals surface area contributed by atoms with Crippen LogP contribution in [0.2, 0.25) is 0 Å². The van der Waals surface area contributed by atoms with E-state index in [1.54, 1.807) is 0 Å². The van der Waals surface area contributed by atoms with Crippen molar-refractivity contribution in [1.29, 1.82) is 0 Å². The van der Waals surface area contributed by atoms with Crippen LogP contribution in [0.4, 0.5) is 5.69 Å². The summed E-state index contributed by atoms with van der Waals surface area (Å²) >= 11 is 5.79. The number of nitrogens with two attached hydrogens (primary N) is 1. The van der Waals surface area contributed by atoms with Crippen molar-refractivity contribution in [3.63, 3.8) is 0 Å². The third-order valence-corrected chi connectivity index (χ3v) is 4.05. The van der Waals surface area contributed by atoms with Crippen molar-refractivity contribution in [2.75, 3.05) is 0 Å². The third-order valence-electron chi connectivity index (χ3n) is 1.50. The minimum atomic E-state index is -4.15. The Hall–Kier alpha value is -0.510. The van der Waals surface area contributed by atoms with Crippen molar-refractivity contribution in [2.45, 2.75) is 4.90 Å². The van der Waals surface area contributed by atoms with Crippen molar-refractivity contribution in [3.8, 4) is 0 Å². The Balaban J connectivity index is 3.76. The summed E-state index contributed by atoms with van der Waals surface area (Å²) in [7, 11) is -4.15. The molecule has 15 heavy (non-hydrogen) atoms. The smallest absolute Gasteiger partial charge is 0.258 e. The van der Waals surface area contributed by atoms with E-state index in [9.17, 15) is 18.5 Å². The van der Waals surface area contributed by atoms with Gasteiger partial charge in [-0.2, -0.15) is 0 Å². The molecular weight excluding hydrogens is 356 g/mol. The summed E-state index contributed by atoms with van der Waals surface area (Å²) in [5, 5.41) is 15.6. The van der Waals surface area contributed by atoms with Gasteiger partial charge in [-0.25, -0.2) is 13.6 Å². The Bertz CT molecular complexity index is 528. The van der Waals surface area contributed by atoms with Gasteiger partial charge in [0.2, 0.25) is 10.0 Å². The molecule has 0 radical (unpaired) electrons. The summed E-state index contributed by atoms with van der Waals surface area (Å²) in [5.74, 6) is 0. The fourth-order valence-electron chi connectivity index (χ4n) is 0.963. The number of hydrogen-bond acceptors (Lipinski definition) is 4. The van der Waals surface area contributed by atoms with Gasteiger partial charge in [-0.1, -0.05) is 0 Å². The maximum absolute atomic E-state index is 11.2. The summed E-state index contributed by atoms with van der Waals surface area (Å²) in [6.45, 7) is 0. The van der Waals surface area contributed by atoms with E-state index in [2.05, 4.69) is 31.9 Å². The average Bonchev–Trinajstić information content (AvgIpc) is 2.05. The lowest BCUT2D eigenvalue weighted by Gasteiger charge is -2.04. The molecule has 0 amide bonds. The van der Waals surface area contributed by atoms with E-state index in [1.807, 2.05) is 0 Å². The molecule has 0 aliphatic carbocycles. The number of rotatable bonds is 2. The maximum atomic E-state index is 11.2. The van der Waals surface area contributed by atoms with Gasteiger partial charge < -0.3 is 0 Å². The first kappa shape index (κ1) is 12.6. The molecule has 2 N–H and O–H groups in total. The highest BCUT2D eigenvalue weighted by Gasteiger charge is 2.28. The summed E-state index contributed by atoms with van der Waals surface area (Å²) in [4.78, 5) is 9.33. The number of nitro benzene ring substituents is 1. The number of sulfonamides is 1. The first-order valence-corrected chi connectivity index (χ1v) is 6.53. The predicted molar refractivity (Wildman–Crippen MR) is 59.9 cm³/mol. The summed E-state index contributed by atoms with van der Waals surface area (Å²) < 4.78 is 22.4. The molecule has 1 aromatic rings. The number of nitrogens with zero attached hydrogens (tertiary/aromatic N) is 1. The van der Waals surface area contributed by atoms with Crippen LogP contribution in [-0.4, -0.2) is 13.3 Å². The van der Waals surface area contributed by atoms with E-state index in [4.69, 9.17) is 5.14 Å². The van der Waals surface area contributed by atoms with Crippen molar-refractivity contribution in [1.82, 2.24) is 0 Å². The summed E-state index contributed by atoms with van der Waals surface area (Å²) in [6.07, 6.45) is 0. The topological polar surface area (TPSA) is 103 Å². The van der Waals surface area contributed by atoms with Crippen molar-refractivity contribution >= 4 is 47.6 Å². The van der Waals surface area contributed by atoms with E-state index >= 15 is 0 Å². The number of hydrogen-bond donors (Lipinski definition) is 1. The number of nitro groups is 1. The van der Waals surface area contributed by atoms with E-state index in [-0.39, 0.29) is 8.95 Å². The summed E-state index contributed by atoms with van der Waals surface area (Å²) in [6, 6.07) is 2.72. The Labute approximate surface area is 102 Å². The molecule has 0 bridgehead atoms. The van der Waals surface area contributed by atoms with Crippen LogP contribution in [0, 0.1) is 10.1 Å². The Kier molecular flexibility index (Phi) is 3.48. The van der Waals surface area contributed by atoms with Gasteiger partial charge in [0.15, 0.2) is 4.90 Å². The van der Waals surface area contributed by atoms with E-state index < -0.39 is 25.5 Å². The standard InChI is InChI=1S/C6H4Br2N2O4S/c7-3-1-2-4(8)6(15(9,13)14)5(3)10(11)12/h1-2H,(H2,9,13,14). The molecule has 6 nitrogen and oxygen atoms in total. The molecule has 1 rings (SSSR count). The van der Waals surface area contributed by atoms with Crippen LogP contribution in [0.15, 0.2) is 26.0 Å². The van der Waals surface area contributed by atoms with Gasteiger partial charge in [0.25, 0.3) is 0 Å². The molecule has 0 aliphatic heterocycles. The van der Waals surface area contributed by atoms with Crippen LogP contribution in [0.25, 0.3) is 0 Å². The molecule has 0 aromatic heterocycles. The highest BCUT2D eigenvalue weighted by atomic mass is 79.9. The van der Waals surface area contributed by atoms with Crippen molar-refractivity contribution in [3.05, 3.63) is 31.2 Å². The molecule has 0 saturated heterocycles. The van der Waals surface area contributed by atoms with Crippen molar-refractivity contribution < 1.29 is 13.3 Å². The normalized spacial score (nSPS) is 11.4. The van der Waals surface area contributed by atoms with Crippen LogP contribution in [-0.2, 0) is 10.0 Å². The average molecular weight is 360 g/mol. The van der Waals surface area contributed by atoms with Gasteiger partial charge >= 0.3 is 5.69 Å². The lowest BCUT2D eigenvalue weighted by atomic mass is 10.3. The van der Waals surface area contributed by atoms with E-state index in [0.29, 0.717) is 0 Å². The van der Waals surface area contributed by atoms with Crippen LogP contribution < -0.4 is 5.14 Å². The number of benzene rings is 1. The van der Waals surface area contributed by atoms with Gasteiger partial charge in [0, 0.05) is 4.47 Å². The van der Waals surface area contributed by atoms with Gasteiger partial charge in [-0.3, -0.25) is 10.1 Å². The zero-order valence-electron chi connectivity index (χ0n) is 6.98. The highest BCUT2D eigenvalue weighted by molar-refractivity contribution is 9.11. The Morgan fingerprint density at radius 3 is 2.07 bits per heavy atom. The molecule has 0 heterocycles. The largest absolute Gasteiger partial charge is 0.304 e. The van der Waals surface area contributed by atoms with Gasteiger partial charge in [-0.15, -0.1) is 0 Å². The number of primary sulfonamides is 1. The second kappa shape index (κ2) is 4.16. The fourth-order valence-corrected chi connectivity index (χ4v) is 3.36. The molecule has 0 unspecified atom stereocenters. The Morgan fingerprint density at radius 1 is 1.27 bits per heavy atom.